The molecule has 0 aromatic heterocycles. The van der Waals surface area contributed by atoms with E-state index in [1.54, 1.807) is 0 Å². The zero-order valence-corrected chi connectivity index (χ0v) is 12.4. The summed E-state index contributed by atoms with van der Waals surface area (Å²) in [5.74, 6) is -2.44. The lowest BCUT2D eigenvalue weighted by Crippen LogP contribution is -2.16. The van der Waals surface area contributed by atoms with Crippen molar-refractivity contribution >= 4 is 33.0 Å². The maximum absolute atomic E-state index is 13.6. The molecule has 2 aromatic carbocycles. The first-order valence-corrected chi connectivity index (χ1v) is 7.61. The molecule has 0 fully saturated rings. The predicted octanol–water partition coefficient (Wildman–Crippen LogP) is 3.31. The average Bonchev–Trinajstić information content (AvgIpc) is 2.39. The Labute approximate surface area is 125 Å². The Balaban J connectivity index is 2.51. The molecule has 0 unspecified atom stereocenters. The summed E-state index contributed by atoms with van der Waals surface area (Å²) >= 11 is 5.78. The average molecular weight is 333 g/mol. The van der Waals surface area contributed by atoms with Gasteiger partial charge in [0, 0.05) is 10.7 Å². The van der Waals surface area contributed by atoms with Crippen LogP contribution in [0.25, 0.3) is 0 Å². The van der Waals surface area contributed by atoms with Crippen LogP contribution >= 0.6 is 11.6 Å². The van der Waals surface area contributed by atoms with Gasteiger partial charge in [0.1, 0.15) is 0 Å². The van der Waals surface area contributed by atoms with Crippen molar-refractivity contribution in [3.05, 3.63) is 52.6 Å². The van der Waals surface area contributed by atoms with E-state index in [-0.39, 0.29) is 21.2 Å². The number of nitrogens with one attached hydrogen (secondary N) is 1. The van der Waals surface area contributed by atoms with Gasteiger partial charge < -0.3 is 5.73 Å². The molecule has 0 aliphatic rings. The van der Waals surface area contributed by atoms with Crippen LogP contribution in [0.4, 0.5) is 20.2 Å². The van der Waals surface area contributed by atoms with Gasteiger partial charge in [0.25, 0.3) is 10.0 Å². The van der Waals surface area contributed by atoms with Crippen molar-refractivity contribution in [2.45, 2.75) is 11.8 Å². The van der Waals surface area contributed by atoms with Crippen LogP contribution in [-0.4, -0.2) is 8.42 Å². The van der Waals surface area contributed by atoms with Gasteiger partial charge >= 0.3 is 0 Å². The third-order valence-electron chi connectivity index (χ3n) is 2.85. The van der Waals surface area contributed by atoms with E-state index < -0.39 is 27.3 Å². The summed E-state index contributed by atoms with van der Waals surface area (Å²) in [6, 6.07) is 5.77. The van der Waals surface area contributed by atoms with E-state index in [2.05, 4.69) is 0 Å². The molecule has 2 aromatic rings. The van der Waals surface area contributed by atoms with Crippen LogP contribution in [0.3, 0.4) is 0 Å². The summed E-state index contributed by atoms with van der Waals surface area (Å²) < 4.78 is 53.2. The molecular formula is C13H11ClF2N2O2S. The Morgan fingerprint density at radius 3 is 2.57 bits per heavy atom. The van der Waals surface area contributed by atoms with Gasteiger partial charge in [-0.3, -0.25) is 4.72 Å². The number of hydrogen-bond donors (Lipinski definition) is 2. The van der Waals surface area contributed by atoms with Gasteiger partial charge in [-0.2, -0.15) is 0 Å². The van der Waals surface area contributed by atoms with E-state index in [1.807, 2.05) is 4.72 Å². The number of benzene rings is 2. The molecule has 0 aliphatic heterocycles. The highest BCUT2D eigenvalue weighted by atomic mass is 35.5. The van der Waals surface area contributed by atoms with Crippen molar-refractivity contribution in [3.8, 4) is 0 Å². The van der Waals surface area contributed by atoms with E-state index >= 15 is 0 Å². The summed E-state index contributed by atoms with van der Waals surface area (Å²) in [5, 5.41) is 0.123. The first kappa shape index (κ1) is 15.5. The van der Waals surface area contributed by atoms with Gasteiger partial charge in [-0.05, 0) is 36.8 Å². The normalized spacial score (nSPS) is 11.4. The molecule has 4 nitrogen and oxygen atoms in total. The number of nitrogens with two attached hydrogens (primary N) is 1. The molecule has 0 heterocycles. The van der Waals surface area contributed by atoms with Gasteiger partial charge in [0.2, 0.25) is 0 Å². The Bertz CT molecular complexity index is 810. The minimum atomic E-state index is -4.15. The summed E-state index contributed by atoms with van der Waals surface area (Å²) in [5.41, 5.74) is 5.61. The molecule has 0 aliphatic carbocycles. The Kier molecular flexibility index (Phi) is 4.06. The first-order valence-electron chi connectivity index (χ1n) is 5.75. The predicted molar refractivity (Wildman–Crippen MR) is 77.8 cm³/mol. The van der Waals surface area contributed by atoms with E-state index in [0.29, 0.717) is 0 Å². The monoisotopic (exact) mass is 332 g/mol. The van der Waals surface area contributed by atoms with Gasteiger partial charge in [-0.1, -0.05) is 17.7 Å². The molecule has 0 amide bonds. The minimum absolute atomic E-state index is 0.123. The molecule has 8 heteroatoms. The highest BCUT2D eigenvalue weighted by molar-refractivity contribution is 7.92. The lowest BCUT2D eigenvalue weighted by atomic mass is 10.2. The zero-order chi connectivity index (χ0) is 15.8. The molecule has 0 atom stereocenters. The van der Waals surface area contributed by atoms with Crippen molar-refractivity contribution in [1.82, 2.24) is 0 Å². The molecule has 0 bridgehead atoms. The molecule has 0 saturated heterocycles. The molecule has 0 saturated carbocycles. The number of anilines is 2. The highest BCUT2D eigenvalue weighted by Gasteiger charge is 2.21. The molecule has 0 spiro atoms. The SMILES string of the molecule is Cc1c(N)cc(Cl)cc1S(=O)(=O)Nc1cccc(F)c1F. The zero-order valence-electron chi connectivity index (χ0n) is 10.8. The van der Waals surface area contributed by atoms with Crippen LogP contribution in [0, 0.1) is 18.6 Å². The van der Waals surface area contributed by atoms with Crippen LogP contribution < -0.4 is 10.5 Å². The van der Waals surface area contributed by atoms with Crippen LogP contribution in [0.2, 0.25) is 5.02 Å². The number of nitrogen functional groups attached to an aromatic ring is 1. The van der Waals surface area contributed by atoms with E-state index in [0.717, 1.165) is 12.1 Å². The van der Waals surface area contributed by atoms with E-state index in [1.165, 1.54) is 25.1 Å². The third kappa shape index (κ3) is 3.08. The Morgan fingerprint density at radius 1 is 1.24 bits per heavy atom. The Hall–Kier alpha value is -1.86. The molecule has 3 N–H and O–H groups in total. The maximum atomic E-state index is 13.6. The van der Waals surface area contributed by atoms with Crippen LogP contribution in [-0.2, 0) is 10.0 Å². The second-order valence-corrected chi connectivity index (χ2v) is 6.41. The lowest BCUT2D eigenvalue weighted by Gasteiger charge is -2.13. The third-order valence-corrected chi connectivity index (χ3v) is 4.56. The van der Waals surface area contributed by atoms with E-state index in [4.69, 9.17) is 17.3 Å². The minimum Gasteiger partial charge on any atom is -0.398 e. The van der Waals surface area contributed by atoms with Gasteiger partial charge in [-0.15, -0.1) is 0 Å². The molecular weight excluding hydrogens is 322 g/mol. The fourth-order valence-electron chi connectivity index (χ4n) is 1.74. The van der Waals surface area contributed by atoms with Crippen LogP contribution in [0.15, 0.2) is 35.2 Å². The Morgan fingerprint density at radius 2 is 1.90 bits per heavy atom. The van der Waals surface area contributed by atoms with Crippen LogP contribution in [0.5, 0.6) is 0 Å². The fourth-order valence-corrected chi connectivity index (χ4v) is 3.39. The summed E-state index contributed by atoms with van der Waals surface area (Å²) in [4.78, 5) is -0.198. The van der Waals surface area contributed by atoms with Crippen molar-refractivity contribution in [1.29, 1.82) is 0 Å². The van der Waals surface area contributed by atoms with Gasteiger partial charge in [0.15, 0.2) is 11.6 Å². The van der Waals surface area contributed by atoms with Crippen molar-refractivity contribution in [2.24, 2.45) is 0 Å². The summed E-state index contributed by atoms with van der Waals surface area (Å²) in [6.45, 7) is 1.49. The summed E-state index contributed by atoms with van der Waals surface area (Å²) in [6.07, 6.45) is 0. The lowest BCUT2D eigenvalue weighted by molar-refractivity contribution is 0.511. The number of sulfonamides is 1. The second kappa shape index (κ2) is 5.50. The van der Waals surface area contributed by atoms with Gasteiger partial charge in [-0.25, -0.2) is 17.2 Å². The molecule has 112 valence electrons. The largest absolute Gasteiger partial charge is 0.398 e. The summed E-state index contributed by atoms with van der Waals surface area (Å²) in [7, 11) is -4.15. The van der Waals surface area contributed by atoms with Crippen molar-refractivity contribution in [3.63, 3.8) is 0 Å². The highest BCUT2D eigenvalue weighted by Crippen LogP contribution is 2.28. The van der Waals surface area contributed by atoms with Crippen molar-refractivity contribution < 1.29 is 17.2 Å². The molecule has 0 radical (unpaired) electrons. The topological polar surface area (TPSA) is 72.2 Å². The standard InChI is InChI=1S/C13H11ClF2N2O2S/c1-7-10(17)5-8(14)6-12(7)21(19,20)18-11-4-2-3-9(15)13(11)16/h2-6,18H,17H2,1H3. The van der Waals surface area contributed by atoms with E-state index in [9.17, 15) is 17.2 Å². The number of halogens is 3. The first-order chi connectivity index (χ1) is 9.72. The maximum Gasteiger partial charge on any atom is 0.262 e. The van der Waals surface area contributed by atoms with Gasteiger partial charge in [0.05, 0.1) is 10.6 Å². The quantitative estimate of drug-likeness (QED) is 0.847. The smallest absolute Gasteiger partial charge is 0.262 e. The van der Waals surface area contributed by atoms with Crippen molar-refractivity contribution in [2.75, 3.05) is 10.5 Å². The number of rotatable bonds is 3. The molecule has 2 rings (SSSR count). The second-order valence-electron chi connectivity index (χ2n) is 4.33. The number of hydrogen-bond acceptors (Lipinski definition) is 3. The fraction of sp³-hybridized carbons (Fsp3) is 0.0769. The van der Waals surface area contributed by atoms with Crippen LogP contribution in [0.1, 0.15) is 5.56 Å². The molecule has 21 heavy (non-hydrogen) atoms.